The lowest BCUT2D eigenvalue weighted by molar-refractivity contribution is 0.128. The number of rotatable bonds is 5. The van der Waals surface area contributed by atoms with Crippen LogP contribution >= 0.6 is 0 Å². The van der Waals surface area contributed by atoms with Crippen LogP contribution in [0, 0.1) is 0 Å². The van der Waals surface area contributed by atoms with Gasteiger partial charge in [-0.05, 0) is 19.1 Å². The topological polar surface area (TPSA) is 47.0 Å². The second-order valence-corrected chi connectivity index (χ2v) is 5.21. The van der Waals surface area contributed by atoms with Gasteiger partial charge in [0, 0.05) is 24.6 Å². The van der Waals surface area contributed by atoms with E-state index in [0.717, 1.165) is 28.1 Å². The van der Waals surface area contributed by atoms with Gasteiger partial charge in [0.15, 0.2) is 5.82 Å². The number of aromatic nitrogens is 2. The third kappa shape index (κ3) is 3.07. The Labute approximate surface area is 130 Å². The van der Waals surface area contributed by atoms with Crippen LogP contribution in [0.15, 0.2) is 54.6 Å². The van der Waals surface area contributed by atoms with Crippen molar-refractivity contribution < 1.29 is 4.74 Å². The number of nitrogens with one attached hydrogen (secondary N) is 1. The summed E-state index contributed by atoms with van der Waals surface area (Å²) in [5.74, 6) is 1.57. The molecule has 0 aliphatic carbocycles. The van der Waals surface area contributed by atoms with Crippen LogP contribution in [0.25, 0.3) is 22.3 Å². The van der Waals surface area contributed by atoms with E-state index in [1.165, 1.54) is 0 Å². The van der Waals surface area contributed by atoms with Crippen LogP contribution in [-0.2, 0) is 4.74 Å². The molecule has 112 valence electrons. The minimum Gasteiger partial charge on any atom is -0.380 e. The Morgan fingerprint density at radius 3 is 2.50 bits per heavy atom. The number of hydrogen-bond acceptors (Lipinski definition) is 4. The Morgan fingerprint density at radius 1 is 1.00 bits per heavy atom. The fourth-order valence-electron chi connectivity index (χ4n) is 2.25. The van der Waals surface area contributed by atoms with Crippen LogP contribution in [0.5, 0.6) is 0 Å². The summed E-state index contributed by atoms with van der Waals surface area (Å²) in [6.07, 6.45) is 0.119. The number of para-hydroxylation sites is 1. The lowest BCUT2D eigenvalue weighted by Gasteiger charge is -2.14. The van der Waals surface area contributed by atoms with Gasteiger partial charge in [0.25, 0.3) is 0 Å². The predicted octanol–water partition coefficient (Wildman–Crippen LogP) is 3.74. The fourth-order valence-corrected chi connectivity index (χ4v) is 2.25. The Kier molecular flexibility index (Phi) is 4.30. The first-order valence-corrected chi connectivity index (χ1v) is 7.37. The van der Waals surface area contributed by atoms with Crippen LogP contribution < -0.4 is 5.32 Å². The number of nitrogens with zero attached hydrogens (tertiary/aromatic N) is 2. The summed E-state index contributed by atoms with van der Waals surface area (Å²) in [6, 6.07) is 18.0. The van der Waals surface area contributed by atoms with Crippen LogP contribution in [0.3, 0.4) is 0 Å². The lowest BCUT2D eigenvalue weighted by Crippen LogP contribution is -2.19. The van der Waals surface area contributed by atoms with Gasteiger partial charge in [0.2, 0.25) is 0 Å². The quantitative estimate of drug-likeness (QED) is 0.778. The Bertz CT molecular complexity index is 759. The van der Waals surface area contributed by atoms with Gasteiger partial charge in [-0.3, -0.25) is 0 Å². The van der Waals surface area contributed by atoms with E-state index in [4.69, 9.17) is 9.72 Å². The summed E-state index contributed by atoms with van der Waals surface area (Å²) in [6.45, 7) is 2.72. The number of hydrogen-bond donors (Lipinski definition) is 1. The molecule has 4 nitrogen and oxygen atoms in total. The Morgan fingerprint density at radius 2 is 1.73 bits per heavy atom. The second-order valence-electron chi connectivity index (χ2n) is 5.21. The van der Waals surface area contributed by atoms with E-state index in [9.17, 15) is 0 Å². The van der Waals surface area contributed by atoms with Gasteiger partial charge in [-0.2, -0.15) is 0 Å². The fraction of sp³-hybridized carbons (Fsp3) is 0.222. The molecule has 22 heavy (non-hydrogen) atoms. The summed E-state index contributed by atoms with van der Waals surface area (Å²) in [5, 5.41) is 4.39. The highest BCUT2D eigenvalue weighted by Crippen LogP contribution is 2.24. The highest BCUT2D eigenvalue weighted by molar-refractivity contribution is 5.90. The first-order chi connectivity index (χ1) is 10.8. The number of methoxy groups -OCH3 is 1. The van der Waals surface area contributed by atoms with Gasteiger partial charge < -0.3 is 10.1 Å². The summed E-state index contributed by atoms with van der Waals surface area (Å²) >= 11 is 0. The van der Waals surface area contributed by atoms with Gasteiger partial charge >= 0.3 is 0 Å². The maximum absolute atomic E-state index is 5.29. The summed E-state index contributed by atoms with van der Waals surface area (Å²) in [7, 11) is 1.71. The molecule has 2 aromatic carbocycles. The molecule has 1 atom stereocenters. The number of fused-ring (bicyclic) bond motifs is 1. The first-order valence-electron chi connectivity index (χ1n) is 7.37. The van der Waals surface area contributed by atoms with E-state index in [1.807, 2.05) is 61.5 Å². The molecule has 3 rings (SSSR count). The van der Waals surface area contributed by atoms with Gasteiger partial charge in [-0.25, -0.2) is 9.97 Å². The summed E-state index contributed by atoms with van der Waals surface area (Å²) < 4.78 is 5.29. The van der Waals surface area contributed by atoms with Crippen molar-refractivity contribution in [2.24, 2.45) is 0 Å². The van der Waals surface area contributed by atoms with Crippen molar-refractivity contribution in [3.8, 4) is 11.4 Å². The largest absolute Gasteiger partial charge is 0.380 e. The molecule has 0 bridgehead atoms. The number of ether oxygens (including phenoxy) is 1. The minimum atomic E-state index is 0.119. The van der Waals surface area contributed by atoms with E-state index in [-0.39, 0.29) is 6.10 Å². The van der Waals surface area contributed by atoms with Crippen molar-refractivity contribution in [3.63, 3.8) is 0 Å². The first kappa shape index (κ1) is 14.5. The third-order valence-electron chi connectivity index (χ3n) is 3.59. The zero-order valence-corrected chi connectivity index (χ0v) is 12.8. The maximum Gasteiger partial charge on any atom is 0.162 e. The molecule has 0 aliphatic heterocycles. The SMILES string of the molecule is COC(C)CNc1nc(-c2ccccc2)nc2ccccc12. The molecule has 3 aromatic rings. The van der Waals surface area contributed by atoms with Crippen molar-refractivity contribution in [1.29, 1.82) is 0 Å². The van der Waals surface area contributed by atoms with Crippen LogP contribution in [0.2, 0.25) is 0 Å². The smallest absolute Gasteiger partial charge is 0.162 e. The zero-order chi connectivity index (χ0) is 15.4. The minimum absolute atomic E-state index is 0.119. The molecule has 0 spiro atoms. The number of benzene rings is 2. The van der Waals surface area contributed by atoms with Crippen molar-refractivity contribution in [2.45, 2.75) is 13.0 Å². The molecule has 1 unspecified atom stereocenters. The normalized spacial score (nSPS) is 12.3. The molecule has 1 N–H and O–H groups in total. The second kappa shape index (κ2) is 6.54. The molecule has 0 fully saturated rings. The molecule has 1 heterocycles. The molecule has 0 aliphatic rings. The monoisotopic (exact) mass is 293 g/mol. The van der Waals surface area contributed by atoms with E-state index in [2.05, 4.69) is 10.3 Å². The highest BCUT2D eigenvalue weighted by Gasteiger charge is 2.09. The van der Waals surface area contributed by atoms with Gasteiger partial charge in [0.05, 0.1) is 11.6 Å². The highest BCUT2D eigenvalue weighted by atomic mass is 16.5. The molecule has 4 heteroatoms. The summed E-state index contributed by atoms with van der Waals surface area (Å²) in [5.41, 5.74) is 1.94. The molecular formula is C18H19N3O. The van der Waals surface area contributed by atoms with E-state index in [1.54, 1.807) is 7.11 Å². The molecule has 0 radical (unpaired) electrons. The van der Waals surface area contributed by atoms with Gasteiger partial charge in [0.1, 0.15) is 5.82 Å². The van der Waals surface area contributed by atoms with Crippen LogP contribution in [0.4, 0.5) is 5.82 Å². The Balaban J connectivity index is 2.04. The van der Waals surface area contributed by atoms with Crippen LogP contribution in [0.1, 0.15) is 6.92 Å². The van der Waals surface area contributed by atoms with Crippen LogP contribution in [-0.4, -0.2) is 29.7 Å². The number of anilines is 1. The van der Waals surface area contributed by atoms with Gasteiger partial charge in [-0.15, -0.1) is 0 Å². The maximum atomic E-state index is 5.29. The molecular weight excluding hydrogens is 274 g/mol. The van der Waals surface area contributed by atoms with Crippen molar-refractivity contribution in [2.75, 3.05) is 19.0 Å². The van der Waals surface area contributed by atoms with E-state index < -0.39 is 0 Å². The van der Waals surface area contributed by atoms with Crippen molar-refractivity contribution in [3.05, 3.63) is 54.6 Å². The molecule has 0 saturated carbocycles. The average Bonchev–Trinajstić information content (AvgIpc) is 2.59. The standard InChI is InChI=1S/C18H19N3O/c1-13(22-2)12-19-18-15-10-6-7-11-16(15)20-17(21-18)14-8-4-3-5-9-14/h3-11,13H,12H2,1-2H3,(H,19,20,21). The molecule has 0 amide bonds. The van der Waals surface area contributed by atoms with E-state index >= 15 is 0 Å². The van der Waals surface area contributed by atoms with Crippen molar-refractivity contribution in [1.82, 2.24) is 9.97 Å². The molecule has 0 saturated heterocycles. The van der Waals surface area contributed by atoms with Crippen molar-refractivity contribution >= 4 is 16.7 Å². The van der Waals surface area contributed by atoms with E-state index in [0.29, 0.717) is 6.54 Å². The zero-order valence-electron chi connectivity index (χ0n) is 12.8. The predicted molar refractivity (Wildman–Crippen MR) is 89.9 cm³/mol. The average molecular weight is 293 g/mol. The Hall–Kier alpha value is -2.46. The lowest BCUT2D eigenvalue weighted by atomic mass is 10.2. The summed E-state index contributed by atoms with van der Waals surface area (Å²) in [4.78, 5) is 9.37. The molecule has 1 aromatic heterocycles. The van der Waals surface area contributed by atoms with Gasteiger partial charge in [-0.1, -0.05) is 42.5 Å². The third-order valence-corrected chi connectivity index (χ3v) is 3.59.